The van der Waals surface area contributed by atoms with Crippen molar-refractivity contribution in [3.05, 3.63) is 41.6 Å². The molecule has 7 nitrogen and oxygen atoms in total. The lowest BCUT2D eigenvalue weighted by Gasteiger charge is -2.08. The Morgan fingerprint density at radius 3 is 2.70 bits per heavy atom. The molecule has 0 spiro atoms. The summed E-state index contributed by atoms with van der Waals surface area (Å²) in [5.74, 6) is 1.19. The summed E-state index contributed by atoms with van der Waals surface area (Å²) in [5, 5.41) is 14.5. The van der Waals surface area contributed by atoms with Crippen LogP contribution in [0.1, 0.15) is 23.0 Å². The minimum absolute atomic E-state index is 0.0409. The van der Waals surface area contributed by atoms with Crippen molar-refractivity contribution in [3.63, 3.8) is 0 Å². The Morgan fingerprint density at radius 1 is 1.25 bits per heavy atom. The first-order chi connectivity index (χ1) is 9.63. The quantitative estimate of drug-likeness (QED) is 0.729. The number of carbonyl (C=O) groups excluding carboxylic acids is 1. The first kappa shape index (κ1) is 12.2. The fourth-order valence-electron chi connectivity index (χ4n) is 1.88. The van der Waals surface area contributed by atoms with E-state index >= 15 is 0 Å². The molecular weight excluding hydrogens is 256 g/mol. The van der Waals surface area contributed by atoms with Crippen molar-refractivity contribution in [3.8, 4) is 0 Å². The van der Waals surface area contributed by atoms with E-state index < -0.39 is 0 Å². The van der Waals surface area contributed by atoms with Crippen LogP contribution in [0.2, 0.25) is 0 Å². The van der Waals surface area contributed by atoms with Gasteiger partial charge in [-0.15, -0.1) is 0 Å². The summed E-state index contributed by atoms with van der Waals surface area (Å²) in [6.07, 6.45) is 0. The second-order valence-corrected chi connectivity index (χ2v) is 4.43. The maximum atomic E-state index is 11.2. The van der Waals surface area contributed by atoms with Gasteiger partial charge in [-0.3, -0.25) is 4.79 Å². The lowest BCUT2D eigenvalue weighted by Crippen LogP contribution is -2.03. The summed E-state index contributed by atoms with van der Waals surface area (Å²) in [7, 11) is 0. The number of Topliss-reactive ketones (excluding diaryl/α,β-unsaturated/α-hetero) is 1. The van der Waals surface area contributed by atoms with Crippen molar-refractivity contribution in [2.75, 3.05) is 5.32 Å². The molecule has 0 radical (unpaired) electrons. The average molecular weight is 268 g/mol. The number of aromatic nitrogens is 5. The smallest absolute Gasteiger partial charge is 0.275 e. The normalized spacial score (nSPS) is 10.7. The molecule has 0 saturated carbocycles. The van der Waals surface area contributed by atoms with Gasteiger partial charge in [0.05, 0.1) is 0 Å². The van der Waals surface area contributed by atoms with Gasteiger partial charge >= 0.3 is 0 Å². The predicted octanol–water partition coefficient (Wildman–Crippen LogP) is 1.77. The van der Waals surface area contributed by atoms with Gasteiger partial charge in [-0.25, -0.2) is 4.98 Å². The zero-order valence-corrected chi connectivity index (χ0v) is 11.0. The molecule has 0 fully saturated rings. The Morgan fingerprint density at radius 2 is 2.00 bits per heavy atom. The molecule has 0 aliphatic carbocycles. The predicted molar refractivity (Wildman–Crippen MR) is 73.0 cm³/mol. The van der Waals surface area contributed by atoms with Crippen molar-refractivity contribution >= 4 is 23.1 Å². The van der Waals surface area contributed by atoms with Crippen LogP contribution in [0, 0.1) is 6.92 Å². The number of aryl methyl sites for hydroxylation is 1. The standard InChI is InChI=1S/C13H12N6O/c1-8-7-12(19-13(14-8)16-17-18-19)15-11-5-3-10(4-6-11)9(2)20/h3-7,15H,1-2H3. The highest BCUT2D eigenvalue weighted by Gasteiger charge is 2.07. The number of nitrogens with zero attached hydrogens (tertiary/aromatic N) is 5. The molecule has 3 aromatic rings. The van der Waals surface area contributed by atoms with Crippen LogP contribution in [-0.2, 0) is 0 Å². The van der Waals surface area contributed by atoms with Crippen molar-refractivity contribution in [2.24, 2.45) is 0 Å². The van der Waals surface area contributed by atoms with E-state index in [1.54, 1.807) is 19.1 Å². The van der Waals surface area contributed by atoms with E-state index in [1.165, 1.54) is 4.52 Å². The van der Waals surface area contributed by atoms with E-state index in [0.717, 1.165) is 11.4 Å². The van der Waals surface area contributed by atoms with E-state index in [2.05, 4.69) is 25.8 Å². The van der Waals surface area contributed by atoms with E-state index in [9.17, 15) is 4.79 Å². The third-order valence-electron chi connectivity index (χ3n) is 2.87. The fourth-order valence-corrected chi connectivity index (χ4v) is 1.88. The molecule has 0 aliphatic heterocycles. The van der Waals surface area contributed by atoms with Gasteiger partial charge in [0.15, 0.2) is 5.78 Å². The Balaban J connectivity index is 1.96. The third kappa shape index (κ3) is 2.20. The summed E-state index contributed by atoms with van der Waals surface area (Å²) >= 11 is 0. The maximum absolute atomic E-state index is 11.2. The number of hydrogen-bond acceptors (Lipinski definition) is 6. The SMILES string of the molecule is CC(=O)c1ccc(Nc2cc(C)nc3nnnn23)cc1. The monoisotopic (exact) mass is 268 g/mol. The molecule has 2 heterocycles. The van der Waals surface area contributed by atoms with E-state index in [1.807, 2.05) is 25.1 Å². The van der Waals surface area contributed by atoms with Crippen LogP contribution in [0.3, 0.4) is 0 Å². The molecular formula is C13H12N6O. The summed E-state index contributed by atoms with van der Waals surface area (Å²) in [6, 6.07) is 9.07. The molecule has 2 aromatic heterocycles. The Labute approximate surface area is 114 Å². The molecule has 3 rings (SSSR count). The number of ketones is 1. The lowest BCUT2D eigenvalue weighted by atomic mass is 10.1. The maximum Gasteiger partial charge on any atom is 0.275 e. The number of fused-ring (bicyclic) bond motifs is 1. The second kappa shape index (κ2) is 4.69. The topological polar surface area (TPSA) is 85.1 Å². The van der Waals surface area contributed by atoms with Gasteiger partial charge in [0.1, 0.15) is 5.82 Å². The highest BCUT2D eigenvalue weighted by Crippen LogP contribution is 2.17. The van der Waals surface area contributed by atoms with Crippen molar-refractivity contribution in [2.45, 2.75) is 13.8 Å². The lowest BCUT2D eigenvalue weighted by molar-refractivity contribution is 0.101. The van der Waals surface area contributed by atoms with Crippen LogP contribution in [0.25, 0.3) is 5.78 Å². The van der Waals surface area contributed by atoms with E-state index in [0.29, 0.717) is 17.2 Å². The number of nitrogens with one attached hydrogen (secondary N) is 1. The molecule has 0 aliphatic rings. The summed E-state index contributed by atoms with van der Waals surface area (Å²) in [6.45, 7) is 3.41. The first-order valence-corrected chi connectivity index (χ1v) is 6.07. The molecule has 1 N–H and O–H groups in total. The minimum atomic E-state index is 0.0409. The zero-order chi connectivity index (χ0) is 14.1. The van der Waals surface area contributed by atoms with Crippen molar-refractivity contribution < 1.29 is 4.79 Å². The van der Waals surface area contributed by atoms with Gasteiger partial charge in [0.25, 0.3) is 5.78 Å². The number of carbonyl (C=O) groups is 1. The first-order valence-electron chi connectivity index (χ1n) is 6.07. The second-order valence-electron chi connectivity index (χ2n) is 4.43. The summed E-state index contributed by atoms with van der Waals surface area (Å²) in [4.78, 5) is 15.5. The molecule has 0 atom stereocenters. The average Bonchev–Trinajstić information content (AvgIpc) is 2.87. The number of rotatable bonds is 3. The fraction of sp³-hybridized carbons (Fsp3) is 0.154. The van der Waals surface area contributed by atoms with Gasteiger partial charge < -0.3 is 5.32 Å². The largest absolute Gasteiger partial charge is 0.340 e. The summed E-state index contributed by atoms with van der Waals surface area (Å²) < 4.78 is 1.52. The number of benzene rings is 1. The van der Waals surface area contributed by atoms with E-state index in [4.69, 9.17) is 0 Å². The molecule has 7 heteroatoms. The van der Waals surface area contributed by atoms with Crippen LogP contribution in [0.5, 0.6) is 0 Å². The number of anilines is 2. The van der Waals surface area contributed by atoms with Gasteiger partial charge in [0.2, 0.25) is 0 Å². The van der Waals surface area contributed by atoms with Crippen LogP contribution in [0.4, 0.5) is 11.5 Å². The molecule has 0 saturated heterocycles. The number of hydrogen-bond donors (Lipinski definition) is 1. The summed E-state index contributed by atoms with van der Waals surface area (Å²) in [5.41, 5.74) is 2.33. The molecule has 0 amide bonds. The van der Waals surface area contributed by atoms with Crippen LogP contribution in [-0.4, -0.2) is 30.8 Å². The van der Waals surface area contributed by atoms with Crippen LogP contribution in [0.15, 0.2) is 30.3 Å². The van der Waals surface area contributed by atoms with Crippen LogP contribution < -0.4 is 5.32 Å². The van der Waals surface area contributed by atoms with Gasteiger partial charge in [0, 0.05) is 23.0 Å². The minimum Gasteiger partial charge on any atom is -0.340 e. The highest BCUT2D eigenvalue weighted by atomic mass is 16.1. The molecule has 0 unspecified atom stereocenters. The highest BCUT2D eigenvalue weighted by molar-refractivity contribution is 5.94. The third-order valence-corrected chi connectivity index (χ3v) is 2.87. The molecule has 100 valence electrons. The Kier molecular flexibility index (Phi) is 2.86. The van der Waals surface area contributed by atoms with Crippen molar-refractivity contribution in [1.29, 1.82) is 0 Å². The van der Waals surface area contributed by atoms with Gasteiger partial charge in [-0.05, 0) is 48.5 Å². The van der Waals surface area contributed by atoms with Gasteiger partial charge in [-0.2, -0.15) is 4.52 Å². The zero-order valence-electron chi connectivity index (χ0n) is 11.0. The molecule has 0 bridgehead atoms. The van der Waals surface area contributed by atoms with Gasteiger partial charge in [-0.1, -0.05) is 5.10 Å². The molecule has 20 heavy (non-hydrogen) atoms. The Bertz CT molecular complexity index is 777. The van der Waals surface area contributed by atoms with E-state index in [-0.39, 0.29) is 5.78 Å². The van der Waals surface area contributed by atoms with Crippen LogP contribution >= 0.6 is 0 Å². The molecule has 1 aromatic carbocycles. The Hall–Kier alpha value is -2.83. The van der Waals surface area contributed by atoms with Crippen molar-refractivity contribution in [1.82, 2.24) is 25.0 Å². The number of tetrazole rings is 1.